The molecule has 0 N–H and O–H groups in total. The first-order valence-corrected chi connectivity index (χ1v) is 9.34. The second kappa shape index (κ2) is 6.45. The lowest BCUT2D eigenvalue weighted by Crippen LogP contribution is -2.63. The van der Waals surface area contributed by atoms with Crippen molar-refractivity contribution in [3.63, 3.8) is 0 Å². The van der Waals surface area contributed by atoms with Crippen molar-refractivity contribution in [3.8, 4) is 0 Å². The van der Waals surface area contributed by atoms with Gasteiger partial charge in [-0.05, 0) is 31.2 Å². The predicted molar refractivity (Wildman–Crippen MR) is 102 cm³/mol. The molecule has 4 heterocycles. The van der Waals surface area contributed by atoms with Crippen molar-refractivity contribution in [2.75, 3.05) is 49.1 Å². The van der Waals surface area contributed by atoms with E-state index in [-0.39, 0.29) is 5.82 Å². The van der Waals surface area contributed by atoms with Crippen molar-refractivity contribution in [1.29, 1.82) is 0 Å². The largest absolute Gasteiger partial charge is 0.369 e. The molecule has 0 amide bonds. The molecule has 2 aliphatic rings. The fourth-order valence-electron chi connectivity index (χ4n) is 4.01. The van der Waals surface area contributed by atoms with Gasteiger partial charge in [0.25, 0.3) is 5.78 Å². The maximum atomic E-state index is 13.1. The zero-order valence-corrected chi connectivity index (χ0v) is 15.3. The Morgan fingerprint density at radius 2 is 1.74 bits per heavy atom. The third kappa shape index (κ3) is 2.99. The smallest absolute Gasteiger partial charge is 0.254 e. The molecule has 0 atom stereocenters. The van der Waals surface area contributed by atoms with E-state index in [1.54, 1.807) is 6.33 Å². The molecule has 0 unspecified atom stereocenters. The van der Waals surface area contributed by atoms with E-state index in [4.69, 9.17) is 0 Å². The van der Waals surface area contributed by atoms with Gasteiger partial charge in [-0.1, -0.05) is 0 Å². The highest BCUT2D eigenvalue weighted by Crippen LogP contribution is 2.26. The Balaban J connectivity index is 1.21. The van der Waals surface area contributed by atoms with Crippen molar-refractivity contribution >= 4 is 17.3 Å². The fourth-order valence-corrected chi connectivity index (χ4v) is 4.01. The van der Waals surface area contributed by atoms with E-state index in [9.17, 15) is 4.39 Å². The number of aromatic nitrogens is 4. The van der Waals surface area contributed by atoms with Gasteiger partial charge in [-0.2, -0.15) is 14.6 Å². The standard InChI is InChI=1S/C19H22FN7/c1-14-10-18(27-19(23-14)21-13-22-27)26-11-17(12-26)25-8-6-24(7-9-25)16-4-2-15(20)3-5-16/h2-5,10,13,17H,6-9,11-12H2,1H3. The molecule has 8 heteroatoms. The quantitative estimate of drug-likeness (QED) is 0.701. The first-order valence-electron chi connectivity index (χ1n) is 9.34. The number of hydrogen-bond acceptors (Lipinski definition) is 6. The highest BCUT2D eigenvalue weighted by atomic mass is 19.1. The van der Waals surface area contributed by atoms with Crippen LogP contribution in [-0.4, -0.2) is 69.8 Å². The SMILES string of the molecule is Cc1cc(N2CC(N3CCN(c4ccc(F)cc4)CC3)C2)n2ncnc2n1. The summed E-state index contributed by atoms with van der Waals surface area (Å²) in [5.74, 6) is 1.54. The summed E-state index contributed by atoms with van der Waals surface area (Å²) in [7, 11) is 0. The number of fused-ring (bicyclic) bond motifs is 1. The molecule has 2 fully saturated rings. The molecule has 0 aliphatic carbocycles. The Labute approximate surface area is 157 Å². The zero-order chi connectivity index (χ0) is 18.4. The van der Waals surface area contributed by atoms with Crippen LogP contribution in [0.25, 0.3) is 5.78 Å². The lowest BCUT2D eigenvalue weighted by Gasteiger charge is -2.49. The van der Waals surface area contributed by atoms with Gasteiger partial charge in [0.1, 0.15) is 18.0 Å². The first kappa shape index (κ1) is 16.4. The van der Waals surface area contributed by atoms with E-state index in [0.29, 0.717) is 11.8 Å². The van der Waals surface area contributed by atoms with Crippen LogP contribution in [0.2, 0.25) is 0 Å². The van der Waals surface area contributed by atoms with Crippen molar-refractivity contribution in [1.82, 2.24) is 24.5 Å². The molecule has 7 nitrogen and oxygen atoms in total. The van der Waals surface area contributed by atoms with E-state index in [2.05, 4.69) is 35.8 Å². The summed E-state index contributed by atoms with van der Waals surface area (Å²) in [5.41, 5.74) is 2.06. The number of nitrogens with zero attached hydrogens (tertiary/aromatic N) is 7. The van der Waals surface area contributed by atoms with Crippen LogP contribution in [-0.2, 0) is 0 Å². The van der Waals surface area contributed by atoms with Crippen LogP contribution < -0.4 is 9.80 Å². The van der Waals surface area contributed by atoms with Gasteiger partial charge in [-0.15, -0.1) is 0 Å². The van der Waals surface area contributed by atoms with Crippen molar-refractivity contribution < 1.29 is 4.39 Å². The Kier molecular flexibility index (Phi) is 3.93. The van der Waals surface area contributed by atoms with Gasteiger partial charge in [-0.25, -0.2) is 9.37 Å². The van der Waals surface area contributed by atoms with Gasteiger partial charge in [0.2, 0.25) is 0 Å². The predicted octanol–water partition coefficient (Wildman–Crippen LogP) is 1.58. The van der Waals surface area contributed by atoms with Crippen LogP contribution in [0.5, 0.6) is 0 Å². The number of rotatable bonds is 3. The lowest BCUT2D eigenvalue weighted by molar-refractivity contribution is 0.156. The van der Waals surface area contributed by atoms with E-state index >= 15 is 0 Å². The third-order valence-corrected chi connectivity index (χ3v) is 5.57. The summed E-state index contributed by atoms with van der Waals surface area (Å²) in [5, 5.41) is 4.30. The Morgan fingerprint density at radius 1 is 1.00 bits per heavy atom. The van der Waals surface area contributed by atoms with E-state index in [0.717, 1.165) is 56.5 Å². The highest BCUT2D eigenvalue weighted by Gasteiger charge is 2.35. The van der Waals surface area contributed by atoms with Crippen molar-refractivity contribution in [2.45, 2.75) is 13.0 Å². The zero-order valence-electron chi connectivity index (χ0n) is 15.3. The fraction of sp³-hybridized carbons (Fsp3) is 0.421. The van der Waals surface area contributed by atoms with Gasteiger partial charge < -0.3 is 9.80 Å². The molecule has 27 heavy (non-hydrogen) atoms. The Hall–Kier alpha value is -2.74. The maximum Gasteiger partial charge on any atom is 0.254 e. The summed E-state index contributed by atoms with van der Waals surface area (Å²) in [6.45, 7) is 8.00. The van der Waals surface area contributed by atoms with Gasteiger partial charge in [0.05, 0.1) is 0 Å². The van der Waals surface area contributed by atoms with Crippen LogP contribution in [0.4, 0.5) is 15.9 Å². The molecule has 0 radical (unpaired) electrons. The summed E-state index contributed by atoms with van der Waals surface area (Å²) >= 11 is 0. The minimum atomic E-state index is -0.181. The van der Waals surface area contributed by atoms with Crippen molar-refractivity contribution in [3.05, 3.63) is 48.2 Å². The molecule has 2 aliphatic heterocycles. The lowest BCUT2D eigenvalue weighted by atomic mass is 10.1. The number of benzene rings is 1. The van der Waals surface area contributed by atoms with Crippen LogP contribution in [0.3, 0.4) is 0 Å². The Bertz CT molecular complexity index is 940. The van der Waals surface area contributed by atoms with Gasteiger partial charge in [0.15, 0.2) is 0 Å². The summed E-state index contributed by atoms with van der Waals surface area (Å²) in [6.07, 6.45) is 1.55. The van der Waals surface area contributed by atoms with Crippen LogP contribution >= 0.6 is 0 Å². The monoisotopic (exact) mass is 367 g/mol. The minimum Gasteiger partial charge on any atom is -0.369 e. The second-order valence-corrected chi connectivity index (χ2v) is 7.29. The van der Waals surface area contributed by atoms with Crippen LogP contribution in [0.1, 0.15) is 5.69 Å². The molecular formula is C19H22FN7. The minimum absolute atomic E-state index is 0.181. The summed E-state index contributed by atoms with van der Waals surface area (Å²) < 4.78 is 14.9. The van der Waals surface area contributed by atoms with Crippen LogP contribution in [0, 0.1) is 12.7 Å². The summed E-state index contributed by atoms with van der Waals surface area (Å²) in [6, 6.07) is 9.44. The van der Waals surface area contributed by atoms with E-state index < -0.39 is 0 Å². The normalized spacial score (nSPS) is 18.9. The molecule has 0 saturated carbocycles. The molecule has 0 spiro atoms. The molecule has 0 bridgehead atoms. The molecule has 1 aromatic carbocycles. The molecule has 5 rings (SSSR count). The third-order valence-electron chi connectivity index (χ3n) is 5.57. The average molecular weight is 367 g/mol. The Morgan fingerprint density at radius 3 is 2.48 bits per heavy atom. The molecule has 140 valence electrons. The molecular weight excluding hydrogens is 345 g/mol. The maximum absolute atomic E-state index is 13.1. The van der Waals surface area contributed by atoms with Crippen molar-refractivity contribution in [2.24, 2.45) is 0 Å². The number of anilines is 2. The first-order chi connectivity index (χ1) is 13.2. The topological polar surface area (TPSA) is 52.8 Å². The van der Waals surface area contributed by atoms with Gasteiger partial charge in [-0.3, -0.25) is 4.90 Å². The highest BCUT2D eigenvalue weighted by molar-refractivity contribution is 5.50. The summed E-state index contributed by atoms with van der Waals surface area (Å²) in [4.78, 5) is 15.8. The number of hydrogen-bond donors (Lipinski definition) is 0. The number of halogens is 1. The molecule has 3 aromatic rings. The van der Waals surface area contributed by atoms with Gasteiger partial charge >= 0.3 is 0 Å². The second-order valence-electron chi connectivity index (χ2n) is 7.29. The number of aryl methyl sites for hydroxylation is 1. The average Bonchev–Trinajstić information content (AvgIpc) is 3.10. The van der Waals surface area contributed by atoms with Crippen LogP contribution in [0.15, 0.2) is 36.7 Å². The molecule has 2 saturated heterocycles. The van der Waals surface area contributed by atoms with Gasteiger partial charge in [0, 0.05) is 62.8 Å². The van der Waals surface area contributed by atoms with E-state index in [1.165, 1.54) is 12.1 Å². The van der Waals surface area contributed by atoms with E-state index in [1.807, 2.05) is 23.6 Å². The molecule has 2 aromatic heterocycles. The number of piperazine rings is 1.